The maximum Gasteiger partial charge on any atom is 0.264 e. The maximum absolute atomic E-state index is 13.2. The fourth-order valence-corrected chi connectivity index (χ4v) is 3.65. The molecule has 0 unspecified atom stereocenters. The van der Waals surface area contributed by atoms with E-state index < -0.39 is 0 Å². The summed E-state index contributed by atoms with van der Waals surface area (Å²) in [6.07, 6.45) is 0. The quantitative estimate of drug-likeness (QED) is 0.748. The Labute approximate surface area is 151 Å². The normalized spacial score (nSPS) is 16.8. The molecule has 3 rings (SSSR count). The molecule has 0 radical (unpaired) electrons. The molecule has 0 N–H and O–H groups in total. The highest BCUT2D eigenvalue weighted by Crippen LogP contribution is 2.28. The van der Waals surface area contributed by atoms with Crippen LogP contribution < -0.4 is 4.90 Å². The fraction of sp³-hybridized carbons (Fsp3) is 0.263. The van der Waals surface area contributed by atoms with Crippen LogP contribution >= 0.6 is 23.4 Å². The predicted molar refractivity (Wildman–Crippen MR) is 104 cm³/mol. The molecule has 0 aromatic heterocycles. The van der Waals surface area contributed by atoms with E-state index in [1.807, 2.05) is 44.2 Å². The van der Waals surface area contributed by atoms with E-state index in [0.717, 1.165) is 22.2 Å². The Balaban J connectivity index is 2.03. The number of hydrogen-bond donors (Lipinski definition) is 0. The van der Waals surface area contributed by atoms with Gasteiger partial charge in [0, 0.05) is 16.3 Å². The number of anilines is 1. The van der Waals surface area contributed by atoms with Crippen LogP contribution in [0.3, 0.4) is 0 Å². The SMILES string of the molecule is Cc1ccc(C(=O)N(C2=N[C@@H](C)CS2)c2ccc(Cl)cc2)cc1C. The van der Waals surface area contributed by atoms with Gasteiger partial charge in [-0.05, 0) is 68.3 Å². The number of carbonyl (C=O) groups is 1. The van der Waals surface area contributed by atoms with Gasteiger partial charge >= 0.3 is 0 Å². The summed E-state index contributed by atoms with van der Waals surface area (Å²) in [5.41, 5.74) is 3.72. The van der Waals surface area contributed by atoms with E-state index in [9.17, 15) is 4.79 Å². The minimum absolute atomic E-state index is 0.0687. The van der Waals surface area contributed by atoms with Crippen molar-refractivity contribution in [3.63, 3.8) is 0 Å². The zero-order valence-electron chi connectivity index (χ0n) is 13.9. The van der Waals surface area contributed by atoms with Crippen LogP contribution in [0, 0.1) is 13.8 Å². The molecule has 0 saturated heterocycles. The number of aryl methyl sites for hydroxylation is 2. The molecular formula is C19H19ClN2OS. The number of carbonyl (C=O) groups excluding carboxylic acids is 1. The summed E-state index contributed by atoms with van der Waals surface area (Å²) in [6, 6.07) is 13.3. The Morgan fingerprint density at radius 3 is 2.46 bits per heavy atom. The van der Waals surface area contributed by atoms with Crippen molar-refractivity contribution in [3.05, 3.63) is 64.2 Å². The maximum atomic E-state index is 13.2. The lowest BCUT2D eigenvalue weighted by Gasteiger charge is -2.22. The molecule has 0 bridgehead atoms. The summed E-state index contributed by atoms with van der Waals surface area (Å²) in [7, 11) is 0. The summed E-state index contributed by atoms with van der Waals surface area (Å²) in [5, 5.41) is 1.39. The van der Waals surface area contributed by atoms with Crippen LogP contribution in [0.2, 0.25) is 5.02 Å². The monoisotopic (exact) mass is 358 g/mol. The first-order valence-corrected chi connectivity index (χ1v) is 9.20. The molecule has 5 heteroatoms. The first kappa shape index (κ1) is 17.1. The Morgan fingerprint density at radius 1 is 1.17 bits per heavy atom. The molecule has 0 spiro atoms. The molecule has 2 aromatic carbocycles. The van der Waals surface area contributed by atoms with Crippen molar-refractivity contribution in [1.29, 1.82) is 0 Å². The Hall–Kier alpha value is -1.78. The fourth-order valence-electron chi connectivity index (χ4n) is 2.49. The van der Waals surface area contributed by atoms with Gasteiger partial charge in [0.2, 0.25) is 0 Å². The van der Waals surface area contributed by atoms with Crippen LogP contribution in [0.1, 0.15) is 28.4 Å². The van der Waals surface area contributed by atoms with E-state index in [1.54, 1.807) is 28.8 Å². The zero-order valence-corrected chi connectivity index (χ0v) is 15.5. The third kappa shape index (κ3) is 3.50. The Bertz CT molecular complexity index is 802. The van der Waals surface area contributed by atoms with E-state index in [2.05, 4.69) is 11.9 Å². The van der Waals surface area contributed by atoms with Gasteiger partial charge in [0.05, 0.1) is 11.7 Å². The van der Waals surface area contributed by atoms with Crippen LogP contribution in [-0.2, 0) is 0 Å². The minimum atomic E-state index is -0.0687. The molecule has 1 amide bonds. The lowest BCUT2D eigenvalue weighted by atomic mass is 10.1. The summed E-state index contributed by atoms with van der Waals surface area (Å²) >= 11 is 7.61. The van der Waals surface area contributed by atoms with E-state index in [-0.39, 0.29) is 11.9 Å². The molecule has 0 aliphatic carbocycles. The number of aliphatic imine (C=N–C) groups is 1. The molecule has 124 valence electrons. The zero-order chi connectivity index (χ0) is 17.3. The van der Waals surface area contributed by atoms with Gasteiger partial charge in [0.15, 0.2) is 5.17 Å². The molecule has 3 nitrogen and oxygen atoms in total. The number of thioether (sulfide) groups is 1. The molecule has 1 heterocycles. The first-order chi connectivity index (χ1) is 11.5. The second-order valence-corrected chi connectivity index (χ2v) is 7.41. The number of hydrogen-bond acceptors (Lipinski definition) is 3. The van der Waals surface area contributed by atoms with Crippen molar-refractivity contribution in [2.75, 3.05) is 10.7 Å². The van der Waals surface area contributed by atoms with Crippen LogP contribution in [0.25, 0.3) is 0 Å². The Morgan fingerprint density at radius 2 is 1.88 bits per heavy atom. The van der Waals surface area contributed by atoms with Gasteiger partial charge in [0.25, 0.3) is 5.91 Å². The van der Waals surface area contributed by atoms with Gasteiger partial charge in [-0.15, -0.1) is 0 Å². The largest absolute Gasteiger partial charge is 0.268 e. The van der Waals surface area contributed by atoms with Crippen molar-refractivity contribution in [3.8, 4) is 0 Å². The van der Waals surface area contributed by atoms with Crippen molar-refractivity contribution < 1.29 is 4.79 Å². The molecule has 0 fully saturated rings. The number of rotatable bonds is 2. The summed E-state index contributed by atoms with van der Waals surface area (Å²) < 4.78 is 0. The highest BCUT2D eigenvalue weighted by Gasteiger charge is 2.27. The van der Waals surface area contributed by atoms with E-state index in [1.165, 1.54) is 5.56 Å². The van der Waals surface area contributed by atoms with Gasteiger partial charge in [-0.2, -0.15) is 0 Å². The highest BCUT2D eigenvalue weighted by molar-refractivity contribution is 8.14. The molecule has 1 aliphatic rings. The Kier molecular flexibility index (Phi) is 4.97. The molecule has 1 aliphatic heterocycles. The number of benzene rings is 2. The number of halogens is 1. The first-order valence-electron chi connectivity index (χ1n) is 7.83. The van der Waals surface area contributed by atoms with Gasteiger partial charge in [-0.1, -0.05) is 29.4 Å². The average molecular weight is 359 g/mol. The third-order valence-corrected chi connectivity index (χ3v) is 5.46. The minimum Gasteiger partial charge on any atom is -0.268 e. The van der Waals surface area contributed by atoms with E-state index in [0.29, 0.717) is 10.6 Å². The second kappa shape index (κ2) is 6.99. The molecule has 24 heavy (non-hydrogen) atoms. The van der Waals surface area contributed by atoms with Crippen molar-refractivity contribution in [2.24, 2.45) is 4.99 Å². The van der Waals surface area contributed by atoms with Gasteiger partial charge in [-0.3, -0.25) is 14.7 Å². The van der Waals surface area contributed by atoms with Gasteiger partial charge < -0.3 is 0 Å². The van der Waals surface area contributed by atoms with Gasteiger partial charge in [0.1, 0.15) is 0 Å². The molecule has 2 aromatic rings. The predicted octanol–water partition coefficient (Wildman–Crippen LogP) is 5.09. The van der Waals surface area contributed by atoms with E-state index >= 15 is 0 Å². The lowest BCUT2D eigenvalue weighted by Crippen LogP contribution is -2.34. The highest BCUT2D eigenvalue weighted by atomic mass is 35.5. The van der Waals surface area contributed by atoms with Crippen molar-refractivity contribution in [2.45, 2.75) is 26.8 Å². The second-order valence-electron chi connectivity index (χ2n) is 5.99. The summed E-state index contributed by atoms with van der Waals surface area (Å²) in [4.78, 5) is 19.5. The van der Waals surface area contributed by atoms with Crippen LogP contribution in [0.4, 0.5) is 5.69 Å². The van der Waals surface area contributed by atoms with Crippen LogP contribution in [0.15, 0.2) is 47.5 Å². The van der Waals surface area contributed by atoms with E-state index in [4.69, 9.17) is 11.6 Å². The average Bonchev–Trinajstić information content (AvgIpc) is 2.98. The summed E-state index contributed by atoms with van der Waals surface area (Å²) in [5.74, 6) is 0.820. The van der Waals surface area contributed by atoms with Crippen LogP contribution in [0.5, 0.6) is 0 Å². The van der Waals surface area contributed by atoms with Crippen molar-refractivity contribution in [1.82, 2.24) is 0 Å². The molecule has 0 saturated carbocycles. The smallest absolute Gasteiger partial charge is 0.264 e. The number of amides is 1. The number of nitrogens with zero attached hydrogens (tertiary/aromatic N) is 2. The molecule has 1 atom stereocenters. The lowest BCUT2D eigenvalue weighted by molar-refractivity contribution is 0.100. The van der Waals surface area contributed by atoms with Gasteiger partial charge in [-0.25, -0.2) is 0 Å². The number of amidine groups is 1. The van der Waals surface area contributed by atoms with Crippen molar-refractivity contribution >= 4 is 40.1 Å². The summed E-state index contributed by atoms with van der Waals surface area (Å²) in [6.45, 7) is 6.11. The standard InChI is InChI=1S/C19H19ClN2OS/c1-12-4-5-15(10-13(12)2)18(23)22(19-21-14(3)11-24-19)17-8-6-16(20)7-9-17/h4-10,14H,11H2,1-3H3/t14-/m0/s1. The van der Waals surface area contributed by atoms with Crippen LogP contribution in [-0.4, -0.2) is 22.9 Å². The third-order valence-electron chi connectivity index (χ3n) is 4.02. The molecular weight excluding hydrogens is 340 g/mol. The topological polar surface area (TPSA) is 32.7 Å².